The Balaban J connectivity index is 0. The second-order valence-electron chi connectivity index (χ2n) is 2.50. The van der Waals surface area contributed by atoms with Crippen LogP contribution in [0.3, 0.4) is 0 Å². The summed E-state index contributed by atoms with van der Waals surface area (Å²) in [5.41, 5.74) is 10.4. The van der Waals surface area contributed by atoms with Crippen LogP contribution in [0.4, 0.5) is 0 Å². The molecule has 0 aromatic carbocycles. The Hall–Kier alpha value is -0.640. The van der Waals surface area contributed by atoms with Crippen LogP contribution in [-0.4, -0.2) is 25.5 Å². The summed E-state index contributed by atoms with van der Waals surface area (Å²) in [6.45, 7) is 0. The van der Waals surface area contributed by atoms with Gasteiger partial charge in [-0.2, -0.15) is 5.10 Å². The van der Waals surface area contributed by atoms with Crippen molar-refractivity contribution in [3.8, 4) is 0 Å². The molecule has 1 aromatic heterocycles. The van der Waals surface area contributed by atoms with Gasteiger partial charge in [-0.15, -0.1) is 24.8 Å². The van der Waals surface area contributed by atoms with Crippen molar-refractivity contribution >= 4 is 58.7 Å². The monoisotopic (exact) mass is 317 g/mol. The summed E-state index contributed by atoms with van der Waals surface area (Å²) in [4.78, 5) is 4.14. The molecule has 11 heteroatoms. The normalized spacial score (nSPS) is 8.94. The van der Waals surface area contributed by atoms with Gasteiger partial charge in [0.25, 0.3) is 0 Å². The molecule has 17 heavy (non-hydrogen) atoms. The zero-order valence-corrected chi connectivity index (χ0v) is 11.9. The van der Waals surface area contributed by atoms with Crippen LogP contribution in [0.25, 0.3) is 0 Å². The molecule has 1 aromatic rings. The number of H-pyrrole nitrogens is 1. The van der Waals surface area contributed by atoms with E-state index < -0.39 is 0 Å². The predicted molar refractivity (Wildman–Crippen MR) is 77.3 cm³/mol. The van der Waals surface area contributed by atoms with Crippen molar-refractivity contribution in [1.82, 2.24) is 15.2 Å². The van der Waals surface area contributed by atoms with Gasteiger partial charge in [0.05, 0.1) is 11.5 Å². The van der Waals surface area contributed by atoms with Gasteiger partial charge in [0, 0.05) is 0 Å². The summed E-state index contributed by atoms with van der Waals surface area (Å²) in [5, 5.41) is 20.8. The molecule has 7 nitrogen and oxygen atoms in total. The second kappa shape index (κ2) is 9.40. The first kappa shape index (κ1) is 18.7. The lowest BCUT2D eigenvalue weighted by molar-refractivity contribution is 1.00. The molecule has 0 atom stereocenters. The van der Waals surface area contributed by atoms with E-state index in [9.17, 15) is 0 Å². The number of halogens is 2. The lowest BCUT2D eigenvalue weighted by atomic mass is 10.7. The van der Waals surface area contributed by atoms with Crippen LogP contribution in [0.2, 0.25) is 0 Å². The van der Waals surface area contributed by atoms with Gasteiger partial charge in [0.15, 0.2) is 16.2 Å². The number of hydrogen-bond donors (Lipinski definition) is 5. The van der Waals surface area contributed by atoms with Crippen molar-refractivity contribution in [2.45, 2.75) is 11.5 Å². The average Bonchev–Trinajstić information content (AvgIpc) is 2.59. The van der Waals surface area contributed by atoms with Crippen LogP contribution >= 0.6 is 48.3 Å². The van der Waals surface area contributed by atoms with Gasteiger partial charge in [0.1, 0.15) is 5.82 Å². The third-order valence-corrected chi connectivity index (χ3v) is 2.74. The van der Waals surface area contributed by atoms with Gasteiger partial charge >= 0.3 is 0 Å². The molecule has 0 spiro atoms. The molecular weight excluding hydrogens is 305 g/mol. The molecule has 0 saturated heterocycles. The summed E-state index contributed by atoms with van der Waals surface area (Å²) in [7, 11) is 0. The van der Waals surface area contributed by atoms with Crippen LogP contribution in [-0.2, 0) is 11.5 Å². The first-order valence-corrected chi connectivity index (χ1v) is 5.89. The Morgan fingerprint density at radius 3 is 2.18 bits per heavy atom. The molecule has 0 unspecified atom stereocenters. The number of nitrogens with zero attached hydrogens (tertiary/aromatic N) is 2. The third kappa shape index (κ3) is 8.13. The van der Waals surface area contributed by atoms with Crippen LogP contribution < -0.4 is 11.5 Å². The highest BCUT2D eigenvalue weighted by Crippen LogP contribution is 2.10. The van der Waals surface area contributed by atoms with E-state index in [1.54, 1.807) is 0 Å². The van der Waals surface area contributed by atoms with E-state index in [0.29, 0.717) is 23.2 Å². The number of hydrogen-bond acceptors (Lipinski definition) is 6. The zero-order valence-electron chi connectivity index (χ0n) is 8.60. The predicted octanol–water partition coefficient (Wildman–Crippen LogP) is 0.902. The summed E-state index contributed by atoms with van der Waals surface area (Å²) in [6.07, 6.45) is 0. The standard InChI is InChI=1S/C6H11N7S2.2ClH/c7-5(8)14-1-3-11-4(13-12-3)2-15-6(9)10;;/h1-2H2,(H3,7,8)(H3,9,10)(H,11,12,13);2*1H. The summed E-state index contributed by atoms with van der Waals surface area (Å²) < 4.78 is 0. The van der Waals surface area contributed by atoms with Crippen molar-refractivity contribution in [1.29, 1.82) is 10.8 Å². The van der Waals surface area contributed by atoms with Crippen LogP contribution in [0.15, 0.2) is 0 Å². The molecule has 0 aliphatic carbocycles. The average molecular weight is 318 g/mol. The molecule has 98 valence electrons. The van der Waals surface area contributed by atoms with Crippen LogP contribution in [0.1, 0.15) is 11.6 Å². The minimum atomic E-state index is 0. The number of rotatable bonds is 4. The Morgan fingerprint density at radius 2 is 1.65 bits per heavy atom. The molecule has 0 aliphatic heterocycles. The number of aromatic nitrogens is 3. The van der Waals surface area contributed by atoms with Gasteiger partial charge in [-0.25, -0.2) is 4.98 Å². The SMILES string of the molecule is Cl.Cl.N=C(N)SCc1n[nH]c(CSC(=N)N)n1. The van der Waals surface area contributed by atoms with Crippen molar-refractivity contribution in [3.63, 3.8) is 0 Å². The van der Waals surface area contributed by atoms with E-state index in [1.165, 1.54) is 11.8 Å². The molecule has 7 N–H and O–H groups in total. The maximum atomic E-state index is 7.02. The quantitative estimate of drug-likeness (QED) is 0.412. The molecule has 0 radical (unpaired) electrons. The van der Waals surface area contributed by atoms with E-state index in [-0.39, 0.29) is 35.1 Å². The van der Waals surface area contributed by atoms with Crippen molar-refractivity contribution < 1.29 is 0 Å². The largest absolute Gasteiger partial charge is 0.379 e. The Morgan fingerprint density at radius 1 is 1.12 bits per heavy atom. The molecule has 0 bridgehead atoms. The smallest absolute Gasteiger partial charge is 0.161 e. The lowest BCUT2D eigenvalue weighted by Gasteiger charge is -1.93. The third-order valence-electron chi connectivity index (χ3n) is 1.30. The van der Waals surface area contributed by atoms with Crippen molar-refractivity contribution in [2.75, 3.05) is 0 Å². The highest BCUT2D eigenvalue weighted by atomic mass is 35.5. The first-order chi connectivity index (χ1) is 7.08. The summed E-state index contributed by atoms with van der Waals surface area (Å²) >= 11 is 2.34. The van der Waals surface area contributed by atoms with E-state index in [0.717, 1.165) is 11.8 Å². The molecule has 0 saturated carbocycles. The highest BCUT2D eigenvalue weighted by molar-refractivity contribution is 8.13. The van der Waals surface area contributed by atoms with E-state index in [2.05, 4.69) is 15.2 Å². The maximum absolute atomic E-state index is 7.02. The van der Waals surface area contributed by atoms with Crippen LogP contribution in [0, 0.1) is 10.8 Å². The number of thioether (sulfide) groups is 2. The first-order valence-electron chi connectivity index (χ1n) is 3.91. The summed E-state index contributed by atoms with van der Waals surface area (Å²) in [5.74, 6) is 2.22. The molecular formula is C6H13Cl2N7S2. The summed E-state index contributed by atoms with van der Waals surface area (Å²) in [6, 6.07) is 0. The van der Waals surface area contributed by atoms with Gasteiger partial charge < -0.3 is 11.5 Å². The Labute approximate surface area is 119 Å². The fraction of sp³-hybridized carbons (Fsp3) is 0.333. The minimum Gasteiger partial charge on any atom is -0.379 e. The van der Waals surface area contributed by atoms with Crippen molar-refractivity contribution in [3.05, 3.63) is 11.6 Å². The molecule has 1 heterocycles. The van der Waals surface area contributed by atoms with E-state index >= 15 is 0 Å². The molecule has 0 amide bonds. The van der Waals surface area contributed by atoms with Gasteiger partial charge in [-0.05, 0) is 0 Å². The minimum absolute atomic E-state index is 0. The lowest BCUT2D eigenvalue weighted by Crippen LogP contribution is -2.04. The van der Waals surface area contributed by atoms with Gasteiger partial charge in [0.2, 0.25) is 0 Å². The number of nitrogens with one attached hydrogen (secondary N) is 3. The fourth-order valence-electron chi connectivity index (χ4n) is 0.752. The van der Waals surface area contributed by atoms with E-state index in [4.69, 9.17) is 22.3 Å². The molecule has 0 fully saturated rings. The van der Waals surface area contributed by atoms with Crippen molar-refractivity contribution in [2.24, 2.45) is 11.5 Å². The Bertz CT molecular complexity index is 337. The fourth-order valence-corrected chi connectivity index (χ4v) is 1.59. The highest BCUT2D eigenvalue weighted by Gasteiger charge is 2.04. The van der Waals surface area contributed by atoms with Crippen LogP contribution in [0.5, 0.6) is 0 Å². The number of nitrogens with two attached hydrogens (primary N) is 2. The molecule has 1 rings (SSSR count). The number of amidine groups is 2. The zero-order chi connectivity index (χ0) is 11.3. The van der Waals surface area contributed by atoms with Gasteiger partial charge in [-0.3, -0.25) is 15.9 Å². The number of aromatic amines is 1. The topological polar surface area (TPSA) is 141 Å². The second-order valence-corrected chi connectivity index (χ2v) is 4.54. The molecule has 0 aliphatic rings. The Kier molecular flexibility index (Phi) is 10.3. The van der Waals surface area contributed by atoms with Gasteiger partial charge in [-0.1, -0.05) is 23.5 Å². The maximum Gasteiger partial charge on any atom is 0.161 e. The van der Waals surface area contributed by atoms with E-state index in [1.807, 2.05) is 0 Å².